The van der Waals surface area contributed by atoms with E-state index >= 15 is 0 Å². The highest BCUT2D eigenvalue weighted by Gasteiger charge is 2.30. The number of rotatable bonds is 4. The topological polar surface area (TPSA) is 75.8 Å². The number of hydrogen-bond acceptors (Lipinski definition) is 4. The molecule has 1 unspecified atom stereocenters. The van der Waals surface area contributed by atoms with Crippen molar-refractivity contribution < 1.29 is 8.42 Å². The van der Waals surface area contributed by atoms with Gasteiger partial charge in [0, 0.05) is 6.42 Å². The monoisotopic (exact) mass is 427 g/mol. The van der Waals surface area contributed by atoms with Crippen LogP contribution in [0.1, 0.15) is 23.6 Å². The first-order valence-electron chi connectivity index (χ1n) is 10.0. The third kappa shape index (κ3) is 3.83. The number of hydrogen-bond donors (Lipinski definition) is 1. The minimum Gasteiger partial charge on any atom is -0.257 e. The Hall–Kier alpha value is -3.48. The fourth-order valence-electron chi connectivity index (χ4n) is 4.02. The van der Waals surface area contributed by atoms with Crippen LogP contribution in [0.25, 0.3) is 10.8 Å². The normalized spacial score (nSPS) is 16.5. The molecule has 0 aromatic heterocycles. The van der Waals surface area contributed by atoms with Crippen LogP contribution in [-0.2, 0) is 10.0 Å². The first-order valence-corrected chi connectivity index (χ1v) is 11.6. The summed E-state index contributed by atoms with van der Waals surface area (Å²) in [5.74, 6) is 0. The SMILES string of the molecule is NS(=O)(=O)c1ccc(N2N=C(c3ccccc3)CC2c2ccc3ccccc3c2)cc1. The molecule has 0 bridgehead atoms. The molecule has 0 aliphatic carbocycles. The van der Waals surface area contributed by atoms with E-state index in [0.717, 1.165) is 28.9 Å². The summed E-state index contributed by atoms with van der Waals surface area (Å²) in [5, 5.41) is 14.5. The minimum atomic E-state index is -3.74. The molecule has 4 aromatic carbocycles. The standard InChI is InChI=1S/C25H21N3O2S/c26-31(29,30)23-14-12-22(13-15-23)28-25(17-24(27-28)19-7-2-1-3-8-19)21-11-10-18-6-4-5-9-20(18)16-21/h1-16,25H,17H2,(H2,26,29,30). The van der Waals surface area contributed by atoms with Crippen molar-refractivity contribution in [3.63, 3.8) is 0 Å². The third-order valence-electron chi connectivity index (χ3n) is 5.61. The second kappa shape index (κ2) is 7.65. The number of hydrazone groups is 1. The molecule has 0 spiro atoms. The molecule has 5 nitrogen and oxygen atoms in total. The van der Waals surface area contributed by atoms with Gasteiger partial charge in [-0.2, -0.15) is 5.10 Å². The summed E-state index contributed by atoms with van der Waals surface area (Å²) in [4.78, 5) is 0.0879. The summed E-state index contributed by atoms with van der Waals surface area (Å²) >= 11 is 0. The first kappa shape index (κ1) is 19.5. The number of anilines is 1. The maximum Gasteiger partial charge on any atom is 0.238 e. The number of nitrogens with zero attached hydrogens (tertiary/aromatic N) is 2. The first-order chi connectivity index (χ1) is 15.0. The highest BCUT2D eigenvalue weighted by atomic mass is 32.2. The molecule has 5 rings (SSSR count). The van der Waals surface area contributed by atoms with Gasteiger partial charge in [-0.1, -0.05) is 66.7 Å². The van der Waals surface area contributed by atoms with Gasteiger partial charge in [0.1, 0.15) is 0 Å². The smallest absolute Gasteiger partial charge is 0.238 e. The van der Waals surface area contributed by atoms with Crippen molar-refractivity contribution in [3.05, 3.63) is 108 Å². The second-order valence-electron chi connectivity index (χ2n) is 7.62. The largest absolute Gasteiger partial charge is 0.257 e. The van der Waals surface area contributed by atoms with Crippen LogP contribution in [0.2, 0.25) is 0 Å². The fourth-order valence-corrected chi connectivity index (χ4v) is 4.53. The number of fused-ring (bicyclic) bond motifs is 1. The molecule has 6 heteroatoms. The van der Waals surface area contributed by atoms with Crippen LogP contribution in [0.4, 0.5) is 5.69 Å². The lowest BCUT2D eigenvalue weighted by atomic mass is 9.96. The van der Waals surface area contributed by atoms with Gasteiger partial charge in [-0.15, -0.1) is 0 Å². The van der Waals surface area contributed by atoms with Gasteiger partial charge in [0.15, 0.2) is 0 Å². The van der Waals surface area contributed by atoms with Crippen molar-refractivity contribution in [2.24, 2.45) is 10.2 Å². The molecule has 0 saturated carbocycles. The van der Waals surface area contributed by atoms with Crippen LogP contribution < -0.4 is 10.1 Å². The van der Waals surface area contributed by atoms with E-state index in [-0.39, 0.29) is 10.9 Å². The second-order valence-corrected chi connectivity index (χ2v) is 9.18. The summed E-state index contributed by atoms with van der Waals surface area (Å²) in [6.07, 6.45) is 0.749. The quantitative estimate of drug-likeness (QED) is 0.506. The van der Waals surface area contributed by atoms with Crippen molar-refractivity contribution in [1.82, 2.24) is 0 Å². The molecule has 0 fully saturated rings. The van der Waals surface area contributed by atoms with Crippen molar-refractivity contribution >= 4 is 32.2 Å². The molecule has 0 amide bonds. The van der Waals surface area contributed by atoms with Crippen LogP contribution >= 0.6 is 0 Å². The predicted octanol–water partition coefficient (Wildman–Crippen LogP) is 4.84. The summed E-state index contributed by atoms with van der Waals surface area (Å²) in [5.41, 5.74) is 4.05. The van der Waals surface area contributed by atoms with Gasteiger partial charge in [-0.25, -0.2) is 13.6 Å². The van der Waals surface area contributed by atoms with Crippen LogP contribution in [0.5, 0.6) is 0 Å². The fraction of sp³-hybridized carbons (Fsp3) is 0.0800. The van der Waals surface area contributed by atoms with Gasteiger partial charge >= 0.3 is 0 Å². The molecule has 0 saturated heterocycles. The van der Waals surface area contributed by atoms with E-state index in [0.29, 0.717) is 0 Å². The van der Waals surface area contributed by atoms with E-state index in [1.807, 2.05) is 35.3 Å². The molecular formula is C25H21N3O2S. The van der Waals surface area contributed by atoms with E-state index in [4.69, 9.17) is 10.2 Å². The van der Waals surface area contributed by atoms with Crippen LogP contribution in [0, 0.1) is 0 Å². The van der Waals surface area contributed by atoms with E-state index in [9.17, 15) is 8.42 Å². The van der Waals surface area contributed by atoms with Crippen molar-refractivity contribution in [2.75, 3.05) is 5.01 Å². The number of sulfonamides is 1. The highest BCUT2D eigenvalue weighted by Crippen LogP contribution is 2.37. The highest BCUT2D eigenvalue weighted by molar-refractivity contribution is 7.89. The number of primary sulfonamides is 1. The molecule has 1 heterocycles. The van der Waals surface area contributed by atoms with Gasteiger partial charge in [0.05, 0.1) is 22.3 Å². The molecule has 1 atom stereocenters. The summed E-state index contributed by atoms with van der Waals surface area (Å²) < 4.78 is 23.3. The minimum absolute atomic E-state index is 0.000135. The molecule has 154 valence electrons. The van der Waals surface area contributed by atoms with E-state index in [2.05, 4.69) is 42.5 Å². The van der Waals surface area contributed by atoms with Gasteiger partial charge in [-0.3, -0.25) is 5.01 Å². The van der Waals surface area contributed by atoms with Crippen molar-refractivity contribution in [3.8, 4) is 0 Å². The maximum absolute atomic E-state index is 11.6. The molecule has 1 aliphatic rings. The van der Waals surface area contributed by atoms with E-state index in [1.165, 1.54) is 22.9 Å². The summed E-state index contributed by atoms with van der Waals surface area (Å²) in [7, 11) is -3.74. The Bertz CT molecular complexity index is 1380. The van der Waals surface area contributed by atoms with Gasteiger partial charge in [0.2, 0.25) is 10.0 Å². The Kier molecular flexibility index (Phi) is 4.81. The van der Waals surface area contributed by atoms with Gasteiger partial charge in [0.25, 0.3) is 0 Å². The van der Waals surface area contributed by atoms with Crippen molar-refractivity contribution in [2.45, 2.75) is 17.4 Å². The van der Waals surface area contributed by atoms with E-state index in [1.54, 1.807) is 12.1 Å². The van der Waals surface area contributed by atoms with Crippen molar-refractivity contribution in [1.29, 1.82) is 0 Å². The molecule has 1 aliphatic heterocycles. The lowest BCUT2D eigenvalue weighted by molar-refractivity contribution is 0.597. The van der Waals surface area contributed by atoms with Crippen LogP contribution in [-0.4, -0.2) is 14.1 Å². The summed E-state index contributed by atoms with van der Waals surface area (Å²) in [6.45, 7) is 0. The van der Waals surface area contributed by atoms with Crippen LogP contribution in [0.15, 0.2) is 107 Å². The van der Waals surface area contributed by atoms with Crippen LogP contribution in [0.3, 0.4) is 0 Å². The number of benzene rings is 4. The third-order valence-corrected chi connectivity index (χ3v) is 6.53. The number of nitrogens with two attached hydrogens (primary N) is 1. The zero-order valence-electron chi connectivity index (χ0n) is 16.7. The Morgan fingerprint density at radius 3 is 2.19 bits per heavy atom. The van der Waals surface area contributed by atoms with E-state index < -0.39 is 10.0 Å². The molecule has 0 radical (unpaired) electrons. The lowest BCUT2D eigenvalue weighted by Gasteiger charge is -2.24. The average Bonchev–Trinajstić information content (AvgIpc) is 3.24. The van der Waals surface area contributed by atoms with Gasteiger partial charge in [-0.05, 0) is 52.2 Å². The Labute approximate surface area is 181 Å². The molecular weight excluding hydrogens is 406 g/mol. The molecule has 4 aromatic rings. The van der Waals surface area contributed by atoms with Gasteiger partial charge < -0.3 is 0 Å². The lowest BCUT2D eigenvalue weighted by Crippen LogP contribution is -2.19. The summed E-state index contributed by atoms with van der Waals surface area (Å²) in [6, 6.07) is 31.4. The Balaban J connectivity index is 1.58. The molecule has 2 N–H and O–H groups in total. The maximum atomic E-state index is 11.6. The Morgan fingerprint density at radius 1 is 0.806 bits per heavy atom. The zero-order valence-corrected chi connectivity index (χ0v) is 17.5. The average molecular weight is 428 g/mol. The Morgan fingerprint density at radius 2 is 1.48 bits per heavy atom. The zero-order chi connectivity index (χ0) is 21.4. The molecule has 31 heavy (non-hydrogen) atoms. The predicted molar refractivity (Wildman–Crippen MR) is 125 cm³/mol.